The number of aryl methyl sites for hydroxylation is 2. The lowest BCUT2D eigenvalue weighted by Crippen LogP contribution is -2.28. The fourth-order valence-corrected chi connectivity index (χ4v) is 2.94. The van der Waals surface area contributed by atoms with Gasteiger partial charge in [-0.25, -0.2) is 4.39 Å². The molecule has 3 aromatic rings. The molecule has 0 fully saturated rings. The first-order valence-corrected chi connectivity index (χ1v) is 8.49. The standard InChI is InChI=1S/C20H22FN3O/c1-14(16-7-9-17(21)10-8-16)13-22-20(25)11-12-24-19-6-4-3-5-18(19)15(2)23-24/h3-10,14H,11-13H2,1-2H3,(H,22,25). The molecule has 3 rings (SSSR count). The van der Waals surface area contributed by atoms with Crippen LogP contribution >= 0.6 is 0 Å². The van der Waals surface area contributed by atoms with Crippen LogP contribution in [0, 0.1) is 12.7 Å². The SMILES string of the molecule is Cc1nn(CCC(=O)NCC(C)c2ccc(F)cc2)c2ccccc12. The van der Waals surface area contributed by atoms with E-state index in [-0.39, 0.29) is 17.6 Å². The summed E-state index contributed by atoms with van der Waals surface area (Å²) in [5, 5.41) is 8.58. The average molecular weight is 339 g/mol. The number of carbonyl (C=O) groups is 1. The third-order valence-electron chi connectivity index (χ3n) is 4.44. The van der Waals surface area contributed by atoms with Crippen molar-refractivity contribution in [2.75, 3.05) is 6.54 Å². The van der Waals surface area contributed by atoms with Gasteiger partial charge in [0.2, 0.25) is 5.91 Å². The molecule has 130 valence electrons. The molecule has 0 saturated heterocycles. The molecule has 0 radical (unpaired) electrons. The maximum absolute atomic E-state index is 13.0. The van der Waals surface area contributed by atoms with E-state index in [1.807, 2.05) is 42.8 Å². The summed E-state index contributed by atoms with van der Waals surface area (Å²) in [4.78, 5) is 12.1. The van der Waals surface area contributed by atoms with Crippen LogP contribution in [0.1, 0.15) is 30.5 Å². The lowest BCUT2D eigenvalue weighted by Gasteiger charge is -2.13. The molecule has 1 N–H and O–H groups in total. The first-order chi connectivity index (χ1) is 12.0. The Labute approximate surface area is 146 Å². The Hall–Kier alpha value is -2.69. The number of hydrogen-bond donors (Lipinski definition) is 1. The largest absolute Gasteiger partial charge is 0.355 e. The summed E-state index contributed by atoms with van der Waals surface area (Å²) in [6.45, 7) is 5.07. The van der Waals surface area contributed by atoms with Crippen molar-refractivity contribution in [2.24, 2.45) is 0 Å². The number of halogens is 1. The van der Waals surface area contributed by atoms with Crippen LogP contribution in [0.15, 0.2) is 48.5 Å². The Bertz CT molecular complexity index is 870. The van der Waals surface area contributed by atoms with Crippen LogP contribution in [0.3, 0.4) is 0 Å². The second-order valence-corrected chi connectivity index (χ2v) is 6.33. The van der Waals surface area contributed by atoms with Crippen LogP contribution in [-0.2, 0) is 11.3 Å². The number of hydrogen-bond acceptors (Lipinski definition) is 2. The highest BCUT2D eigenvalue weighted by molar-refractivity contribution is 5.82. The van der Waals surface area contributed by atoms with Gasteiger partial charge in [-0.3, -0.25) is 9.48 Å². The maximum Gasteiger partial charge on any atom is 0.221 e. The molecular formula is C20H22FN3O. The van der Waals surface area contributed by atoms with E-state index in [1.165, 1.54) is 12.1 Å². The van der Waals surface area contributed by atoms with Crippen LogP contribution in [0.25, 0.3) is 10.9 Å². The monoisotopic (exact) mass is 339 g/mol. The number of nitrogens with one attached hydrogen (secondary N) is 1. The number of para-hydroxylation sites is 1. The summed E-state index contributed by atoms with van der Waals surface area (Å²) >= 11 is 0. The van der Waals surface area contributed by atoms with E-state index in [1.54, 1.807) is 12.1 Å². The molecule has 0 aliphatic heterocycles. The Morgan fingerprint density at radius 1 is 1.20 bits per heavy atom. The topological polar surface area (TPSA) is 46.9 Å². The molecule has 0 bridgehead atoms. The Kier molecular flexibility index (Phi) is 5.12. The number of carbonyl (C=O) groups excluding carboxylic acids is 1. The Morgan fingerprint density at radius 2 is 1.92 bits per heavy atom. The van der Waals surface area contributed by atoms with Gasteiger partial charge < -0.3 is 5.32 Å². The van der Waals surface area contributed by atoms with E-state index < -0.39 is 0 Å². The molecular weight excluding hydrogens is 317 g/mol. The van der Waals surface area contributed by atoms with Gasteiger partial charge in [0, 0.05) is 18.4 Å². The molecule has 1 unspecified atom stereocenters. The van der Waals surface area contributed by atoms with Crippen molar-refractivity contribution in [3.05, 3.63) is 65.6 Å². The summed E-state index contributed by atoms with van der Waals surface area (Å²) < 4.78 is 14.8. The average Bonchev–Trinajstić information content (AvgIpc) is 2.95. The lowest BCUT2D eigenvalue weighted by atomic mass is 10.0. The van der Waals surface area contributed by atoms with E-state index >= 15 is 0 Å². The second-order valence-electron chi connectivity index (χ2n) is 6.33. The van der Waals surface area contributed by atoms with Crippen molar-refractivity contribution in [1.82, 2.24) is 15.1 Å². The van der Waals surface area contributed by atoms with Crippen LogP contribution < -0.4 is 5.32 Å². The third-order valence-corrected chi connectivity index (χ3v) is 4.44. The molecule has 0 spiro atoms. The van der Waals surface area contributed by atoms with Crippen LogP contribution in [0.5, 0.6) is 0 Å². The quantitative estimate of drug-likeness (QED) is 0.743. The fourth-order valence-electron chi connectivity index (χ4n) is 2.94. The molecule has 4 nitrogen and oxygen atoms in total. The number of amides is 1. The van der Waals surface area contributed by atoms with E-state index in [0.717, 1.165) is 22.2 Å². The highest BCUT2D eigenvalue weighted by Crippen LogP contribution is 2.18. The van der Waals surface area contributed by atoms with E-state index in [0.29, 0.717) is 19.5 Å². The molecule has 0 aliphatic carbocycles. The van der Waals surface area contributed by atoms with Crippen molar-refractivity contribution in [1.29, 1.82) is 0 Å². The van der Waals surface area contributed by atoms with Gasteiger partial charge in [0.05, 0.1) is 17.8 Å². The maximum atomic E-state index is 13.0. The number of aromatic nitrogens is 2. The van der Waals surface area contributed by atoms with Crippen molar-refractivity contribution in [2.45, 2.75) is 32.7 Å². The molecule has 5 heteroatoms. The van der Waals surface area contributed by atoms with E-state index in [9.17, 15) is 9.18 Å². The van der Waals surface area contributed by atoms with Crippen molar-refractivity contribution >= 4 is 16.8 Å². The zero-order valence-corrected chi connectivity index (χ0v) is 14.5. The predicted molar refractivity (Wildman–Crippen MR) is 96.9 cm³/mol. The molecule has 1 heterocycles. The van der Waals surface area contributed by atoms with Gasteiger partial charge in [-0.15, -0.1) is 0 Å². The van der Waals surface area contributed by atoms with Gasteiger partial charge in [-0.05, 0) is 36.6 Å². The fraction of sp³-hybridized carbons (Fsp3) is 0.300. The van der Waals surface area contributed by atoms with Crippen LogP contribution in [-0.4, -0.2) is 22.2 Å². The summed E-state index contributed by atoms with van der Waals surface area (Å²) in [7, 11) is 0. The Balaban J connectivity index is 1.53. The molecule has 1 atom stereocenters. The number of benzene rings is 2. The van der Waals surface area contributed by atoms with Gasteiger partial charge in [0.15, 0.2) is 0 Å². The summed E-state index contributed by atoms with van der Waals surface area (Å²) in [5.74, 6) is -0.120. The normalized spacial score (nSPS) is 12.3. The van der Waals surface area contributed by atoms with Crippen molar-refractivity contribution in [3.63, 3.8) is 0 Å². The van der Waals surface area contributed by atoms with Crippen molar-refractivity contribution in [3.8, 4) is 0 Å². The lowest BCUT2D eigenvalue weighted by molar-refractivity contribution is -0.121. The molecule has 0 aliphatic rings. The van der Waals surface area contributed by atoms with Crippen molar-refractivity contribution < 1.29 is 9.18 Å². The summed E-state index contributed by atoms with van der Waals surface area (Å²) in [5.41, 5.74) is 3.03. The number of fused-ring (bicyclic) bond motifs is 1. The van der Waals surface area contributed by atoms with Gasteiger partial charge in [-0.1, -0.05) is 37.3 Å². The number of nitrogens with zero attached hydrogens (tertiary/aromatic N) is 2. The highest BCUT2D eigenvalue weighted by atomic mass is 19.1. The number of rotatable bonds is 6. The van der Waals surface area contributed by atoms with Gasteiger partial charge in [0.25, 0.3) is 0 Å². The summed E-state index contributed by atoms with van der Waals surface area (Å²) in [6, 6.07) is 14.4. The second kappa shape index (κ2) is 7.47. The first kappa shape index (κ1) is 17.1. The molecule has 1 amide bonds. The van der Waals surface area contributed by atoms with Gasteiger partial charge in [0.1, 0.15) is 5.82 Å². The minimum absolute atomic E-state index is 0.00815. The zero-order valence-electron chi connectivity index (χ0n) is 14.5. The van der Waals surface area contributed by atoms with E-state index in [4.69, 9.17) is 0 Å². The van der Waals surface area contributed by atoms with E-state index in [2.05, 4.69) is 10.4 Å². The summed E-state index contributed by atoms with van der Waals surface area (Å²) in [6.07, 6.45) is 0.376. The van der Waals surface area contributed by atoms with Crippen LogP contribution in [0.4, 0.5) is 4.39 Å². The van der Waals surface area contributed by atoms with Gasteiger partial charge in [-0.2, -0.15) is 5.10 Å². The smallest absolute Gasteiger partial charge is 0.221 e. The molecule has 25 heavy (non-hydrogen) atoms. The Morgan fingerprint density at radius 3 is 2.68 bits per heavy atom. The molecule has 2 aromatic carbocycles. The predicted octanol–water partition coefficient (Wildman–Crippen LogP) is 3.79. The highest BCUT2D eigenvalue weighted by Gasteiger charge is 2.10. The zero-order chi connectivity index (χ0) is 17.8. The van der Waals surface area contributed by atoms with Gasteiger partial charge >= 0.3 is 0 Å². The third kappa shape index (κ3) is 4.05. The first-order valence-electron chi connectivity index (χ1n) is 8.49. The molecule has 1 aromatic heterocycles. The minimum atomic E-state index is -0.248. The molecule has 0 saturated carbocycles. The minimum Gasteiger partial charge on any atom is -0.355 e. The van der Waals surface area contributed by atoms with Crippen LogP contribution in [0.2, 0.25) is 0 Å².